The second kappa shape index (κ2) is 3.46. The number of thiol groups is 1. The number of nitrogens with zero attached hydrogens (tertiary/aromatic N) is 1. The van der Waals surface area contributed by atoms with E-state index in [4.69, 9.17) is 10.00 Å². The number of ether oxygens (including phenoxy) is 1. The Morgan fingerprint density at radius 3 is 2.75 bits per heavy atom. The minimum absolute atomic E-state index is 0.0963. The van der Waals surface area contributed by atoms with Gasteiger partial charge in [-0.05, 0) is 12.1 Å². The third-order valence-electron chi connectivity index (χ3n) is 1.39. The van der Waals surface area contributed by atoms with Crippen LogP contribution >= 0.6 is 12.6 Å². The maximum Gasteiger partial charge on any atom is 0.166 e. The molecule has 0 fully saturated rings. The molecule has 0 aliphatic rings. The molecule has 0 saturated heterocycles. The second-order valence-electron chi connectivity index (χ2n) is 2.12. The number of benzene rings is 1. The van der Waals surface area contributed by atoms with Crippen LogP contribution in [0.2, 0.25) is 0 Å². The molecule has 0 bridgehead atoms. The highest BCUT2D eigenvalue weighted by molar-refractivity contribution is 7.80. The second-order valence-corrected chi connectivity index (χ2v) is 2.60. The summed E-state index contributed by atoms with van der Waals surface area (Å²) in [6, 6.07) is 4.29. The molecule has 0 aliphatic carbocycles. The number of halogens is 1. The van der Waals surface area contributed by atoms with E-state index in [0.717, 1.165) is 6.07 Å². The van der Waals surface area contributed by atoms with Gasteiger partial charge in [-0.15, -0.1) is 12.6 Å². The van der Waals surface area contributed by atoms with Crippen LogP contribution in [-0.2, 0) is 0 Å². The van der Waals surface area contributed by atoms with Crippen LogP contribution in [-0.4, -0.2) is 7.11 Å². The van der Waals surface area contributed by atoms with E-state index in [2.05, 4.69) is 12.6 Å². The fourth-order valence-electron chi connectivity index (χ4n) is 0.789. The van der Waals surface area contributed by atoms with Crippen molar-refractivity contribution in [1.29, 1.82) is 5.26 Å². The molecule has 0 unspecified atom stereocenters. The molecule has 0 spiro atoms. The van der Waals surface area contributed by atoms with Gasteiger partial charge in [0.2, 0.25) is 0 Å². The third kappa shape index (κ3) is 1.51. The molecule has 0 atom stereocenters. The molecule has 1 aromatic rings. The van der Waals surface area contributed by atoms with Crippen LogP contribution in [0.4, 0.5) is 4.39 Å². The first-order chi connectivity index (χ1) is 5.69. The maximum atomic E-state index is 12.9. The molecule has 4 heteroatoms. The summed E-state index contributed by atoms with van der Waals surface area (Å²) in [6.07, 6.45) is 0. The van der Waals surface area contributed by atoms with Crippen molar-refractivity contribution in [1.82, 2.24) is 0 Å². The molecule has 62 valence electrons. The lowest BCUT2D eigenvalue weighted by Crippen LogP contribution is -1.90. The Kier molecular flexibility index (Phi) is 2.56. The predicted molar refractivity (Wildman–Crippen MR) is 44.9 cm³/mol. The number of hydrogen-bond acceptors (Lipinski definition) is 3. The Labute approximate surface area is 75.0 Å². The van der Waals surface area contributed by atoms with Crippen molar-refractivity contribution < 1.29 is 9.13 Å². The molecule has 2 nitrogen and oxygen atoms in total. The van der Waals surface area contributed by atoms with Crippen molar-refractivity contribution in [2.75, 3.05) is 7.11 Å². The maximum absolute atomic E-state index is 12.9. The number of methoxy groups -OCH3 is 1. The highest BCUT2D eigenvalue weighted by Crippen LogP contribution is 2.23. The van der Waals surface area contributed by atoms with Crippen molar-refractivity contribution in [3.05, 3.63) is 23.5 Å². The van der Waals surface area contributed by atoms with Crippen molar-refractivity contribution >= 4 is 12.6 Å². The zero-order chi connectivity index (χ0) is 9.14. The van der Waals surface area contributed by atoms with Crippen LogP contribution in [0.3, 0.4) is 0 Å². The van der Waals surface area contributed by atoms with Crippen LogP contribution in [0.25, 0.3) is 0 Å². The molecule has 0 radical (unpaired) electrons. The monoisotopic (exact) mass is 183 g/mol. The smallest absolute Gasteiger partial charge is 0.166 e. The lowest BCUT2D eigenvalue weighted by atomic mass is 10.2. The van der Waals surface area contributed by atoms with Crippen LogP contribution in [0.1, 0.15) is 5.56 Å². The summed E-state index contributed by atoms with van der Waals surface area (Å²) in [5, 5.41) is 8.50. The van der Waals surface area contributed by atoms with E-state index in [1.807, 2.05) is 6.07 Å². The van der Waals surface area contributed by atoms with Gasteiger partial charge in [-0.2, -0.15) is 5.26 Å². The number of rotatable bonds is 1. The van der Waals surface area contributed by atoms with Gasteiger partial charge in [0.1, 0.15) is 6.07 Å². The Hall–Kier alpha value is -1.21. The number of hydrogen-bond donors (Lipinski definition) is 1. The summed E-state index contributed by atoms with van der Waals surface area (Å²) in [4.78, 5) is 0.413. The van der Waals surface area contributed by atoms with Gasteiger partial charge in [-0.25, -0.2) is 4.39 Å². The highest BCUT2D eigenvalue weighted by atomic mass is 32.1. The van der Waals surface area contributed by atoms with Gasteiger partial charge in [0.15, 0.2) is 11.6 Å². The quantitative estimate of drug-likeness (QED) is 0.675. The molecule has 0 aromatic heterocycles. The first-order valence-corrected chi connectivity index (χ1v) is 3.60. The summed E-state index contributed by atoms with van der Waals surface area (Å²) in [7, 11) is 1.36. The summed E-state index contributed by atoms with van der Waals surface area (Å²) >= 11 is 3.98. The molecule has 0 amide bonds. The zero-order valence-corrected chi connectivity index (χ0v) is 7.23. The highest BCUT2D eigenvalue weighted by Gasteiger charge is 2.06. The lowest BCUT2D eigenvalue weighted by Gasteiger charge is -2.02. The Balaban J connectivity index is 3.28. The van der Waals surface area contributed by atoms with Gasteiger partial charge in [0.05, 0.1) is 12.7 Å². The summed E-state index contributed by atoms with van der Waals surface area (Å²) < 4.78 is 17.6. The average Bonchev–Trinajstić information content (AvgIpc) is 2.08. The summed E-state index contributed by atoms with van der Waals surface area (Å²) in [5.41, 5.74) is 0.205. The molecule has 12 heavy (non-hydrogen) atoms. The SMILES string of the molecule is COc1cc(S)c(C#N)cc1F. The minimum atomic E-state index is -0.549. The van der Waals surface area contributed by atoms with Gasteiger partial charge in [-0.1, -0.05) is 0 Å². The van der Waals surface area contributed by atoms with E-state index >= 15 is 0 Å². The largest absolute Gasteiger partial charge is 0.494 e. The van der Waals surface area contributed by atoms with Gasteiger partial charge < -0.3 is 4.74 Å². The van der Waals surface area contributed by atoms with Gasteiger partial charge in [0, 0.05) is 4.90 Å². The van der Waals surface area contributed by atoms with E-state index in [-0.39, 0.29) is 11.3 Å². The van der Waals surface area contributed by atoms with Crippen LogP contribution in [0.15, 0.2) is 17.0 Å². The topological polar surface area (TPSA) is 33.0 Å². The molecule has 0 heterocycles. The van der Waals surface area contributed by atoms with Gasteiger partial charge in [0.25, 0.3) is 0 Å². The minimum Gasteiger partial charge on any atom is -0.494 e. The van der Waals surface area contributed by atoms with Crippen molar-refractivity contribution in [2.24, 2.45) is 0 Å². The summed E-state index contributed by atoms with van der Waals surface area (Å²) in [5.74, 6) is -0.453. The fourth-order valence-corrected chi connectivity index (χ4v) is 1.02. The zero-order valence-electron chi connectivity index (χ0n) is 6.34. The van der Waals surface area contributed by atoms with Crippen molar-refractivity contribution in [3.63, 3.8) is 0 Å². The van der Waals surface area contributed by atoms with Crippen LogP contribution in [0, 0.1) is 17.1 Å². The Morgan fingerprint density at radius 2 is 2.25 bits per heavy atom. The third-order valence-corrected chi connectivity index (χ3v) is 1.76. The first-order valence-electron chi connectivity index (χ1n) is 3.15. The van der Waals surface area contributed by atoms with Crippen molar-refractivity contribution in [2.45, 2.75) is 4.90 Å². The molecular weight excluding hydrogens is 177 g/mol. The molecule has 0 saturated carbocycles. The van der Waals surface area contributed by atoms with Gasteiger partial charge in [-0.3, -0.25) is 0 Å². The van der Waals surface area contributed by atoms with E-state index in [9.17, 15) is 4.39 Å². The Morgan fingerprint density at radius 1 is 1.58 bits per heavy atom. The molecule has 0 N–H and O–H groups in total. The van der Waals surface area contributed by atoms with Crippen LogP contribution in [0.5, 0.6) is 5.75 Å². The molecule has 1 rings (SSSR count). The van der Waals surface area contributed by atoms with E-state index < -0.39 is 5.82 Å². The Bertz CT molecular complexity index is 345. The molecule has 0 aliphatic heterocycles. The number of nitriles is 1. The van der Waals surface area contributed by atoms with Crippen molar-refractivity contribution in [3.8, 4) is 11.8 Å². The molecule has 1 aromatic carbocycles. The lowest BCUT2D eigenvalue weighted by molar-refractivity contribution is 0.385. The predicted octanol–water partition coefficient (Wildman–Crippen LogP) is 1.99. The standard InChI is InChI=1S/C8H6FNOS/c1-11-7-3-8(12)5(4-10)2-6(7)9/h2-3,12H,1H3. The van der Waals surface area contributed by atoms with E-state index in [1.165, 1.54) is 13.2 Å². The summed E-state index contributed by atoms with van der Waals surface area (Å²) in [6.45, 7) is 0. The first kappa shape index (κ1) is 8.88. The van der Waals surface area contributed by atoms with E-state index in [0.29, 0.717) is 4.90 Å². The van der Waals surface area contributed by atoms with Gasteiger partial charge >= 0.3 is 0 Å². The average molecular weight is 183 g/mol. The van der Waals surface area contributed by atoms with Crippen LogP contribution < -0.4 is 4.74 Å². The normalized spacial score (nSPS) is 9.17. The fraction of sp³-hybridized carbons (Fsp3) is 0.125. The van der Waals surface area contributed by atoms with E-state index in [1.54, 1.807) is 0 Å². The molecular formula is C8H6FNOS.